The molecular formula is C16H20N2O3. The van der Waals surface area contributed by atoms with Gasteiger partial charge in [-0.05, 0) is 37.6 Å². The molecule has 0 fully saturated rings. The third kappa shape index (κ3) is 3.56. The molecule has 0 bridgehead atoms. The van der Waals surface area contributed by atoms with Crippen molar-refractivity contribution >= 4 is 5.91 Å². The Labute approximate surface area is 124 Å². The number of rotatable bonds is 5. The predicted molar refractivity (Wildman–Crippen MR) is 81.0 cm³/mol. The van der Waals surface area contributed by atoms with Crippen molar-refractivity contribution < 1.29 is 14.3 Å². The number of methoxy groups -OCH3 is 2. The van der Waals surface area contributed by atoms with Crippen molar-refractivity contribution in [3.05, 3.63) is 46.8 Å². The normalized spacial score (nSPS) is 10.3. The Bertz CT molecular complexity index is 625. The standard InChI is InChI=1S/C16H20N2O3/c1-10-5-13(11(2)18-10)9-17-16(19)12-6-14(20-3)8-15(7-12)21-4/h5-8,18H,9H2,1-4H3,(H,17,19). The van der Waals surface area contributed by atoms with E-state index in [2.05, 4.69) is 10.3 Å². The van der Waals surface area contributed by atoms with E-state index in [0.717, 1.165) is 17.0 Å². The van der Waals surface area contributed by atoms with Crippen molar-refractivity contribution in [2.45, 2.75) is 20.4 Å². The highest BCUT2D eigenvalue weighted by Crippen LogP contribution is 2.22. The average Bonchev–Trinajstić information content (AvgIpc) is 2.81. The zero-order chi connectivity index (χ0) is 15.4. The average molecular weight is 288 g/mol. The minimum Gasteiger partial charge on any atom is -0.497 e. The first kappa shape index (κ1) is 15.0. The Morgan fingerprint density at radius 2 is 1.71 bits per heavy atom. The van der Waals surface area contributed by atoms with Gasteiger partial charge in [0.15, 0.2) is 0 Å². The second kappa shape index (κ2) is 6.35. The molecule has 2 N–H and O–H groups in total. The Hall–Kier alpha value is -2.43. The van der Waals surface area contributed by atoms with Crippen LogP contribution in [0.15, 0.2) is 24.3 Å². The van der Waals surface area contributed by atoms with Crippen LogP contribution in [-0.4, -0.2) is 25.1 Å². The van der Waals surface area contributed by atoms with Crippen LogP contribution in [0.3, 0.4) is 0 Å². The van der Waals surface area contributed by atoms with Crippen molar-refractivity contribution in [2.24, 2.45) is 0 Å². The number of carbonyl (C=O) groups is 1. The fourth-order valence-corrected chi connectivity index (χ4v) is 2.18. The minimum absolute atomic E-state index is 0.162. The van der Waals surface area contributed by atoms with Crippen LogP contribution >= 0.6 is 0 Å². The molecule has 5 nitrogen and oxygen atoms in total. The van der Waals surface area contributed by atoms with Gasteiger partial charge in [0, 0.05) is 29.6 Å². The van der Waals surface area contributed by atoms with E-state index in [1.165, 1.54) is 0 Å². The molecule has 0 unspecified atom stereocenters. The first-order chi connectivity index (χ1) is 10.0. The van der Waals surface area contributed by atoms with Gasteiger partial charge in [0.1, 0.15) is 11.5 Å². The van der Waals surface area contributed by atoms with Crippen LogP contribution in [0.1, 0.15) is 27.3 Å². The van der Waals surface area contributed by atoms with Crippen LogP contribution in [0.4, 0.5) is 0 Å². The number of benzene rings is 1. The number of aromatic nitrogens is 1. The van der Waals surface area contributed by atoms with Gasteiger partial charge in [-0.2, -0.15) is 0 Å². The second-order valence-electron chi connectivity index (χ2n) is 4.89. The number of aryl methyl sites for hydroxylation is 2. The lowest BCUT2D eigenvalue weighted by molar-refractivity contribution is 0.0950. The molecule has 5 heteroatoms. The van der Waals surface area contributed by atoms with Crippen LogP contribution in [-0.2, 0) is 6.54 Å². The predicted octanol–water partition coefficient (Wildman–Crippen LogP) is 2.58. The third-order valence-electron chi connectivity index (χ3n) is 3.31. The van der Waals surface area contributed by atoms with E-state index in [1.54, 1.807) is 32.4 Å². The molecule has 1 aromatic heterocycles. The van der Waals surface area contributed by atoms with E-state index in [9.17, 15) is 4.79 Å². The zero-order valence-corrected chi connectivity index (χ0v) is 12.7. The highest BCUT2D eigenvalue weighted by Gasteiger charge is 2.10. The molecule has 1 heterocycles. The monoisotopic (exact) mass is 288 g/mol. The van der Waals surface area contributed by atoms with Crippen LogP contribution < -0.4 is 14.8 Å². The van der Waals surface area contributed by atoms with Crippen LogP contribution in [0.2, 0.25) is 0 Å². The summed E-state index contributed by atoms with van der Waals surface area (Å²) in [7, 11) is 3.12. The van der Waals surface area contributed by atoms with Crippen molar-refractivity contribution in [1.29, 1.82) is 0 Å². The van der Waals surface area contributed by atoms with Gasteiger partial charge in [0.05, 0.1) is 14.2 Å². The molecule has 0 saturated heterocycles. The van der Waals surface area contributed by atoms with Crippen molar-refractivity contribution in [3.63, 3.8) is 0 Å². The summed E-state index contributed by atoms with van der Waals surface area (Å²) in [5.41, 5.74) is 3.74. The highest BCUT2D eigenvalue weighted by molar-refractivity contribution is 5.95. The summed E-state index contributed by atoms with van der Waals surface area (Å²) in [5, 5.41) is 2.90. The Balaban J connectivity index is 2.11. The topological polar surface area (TPSA) is 63.4 Å². The zero-order valence-electron chi connectivity index (χ0n) is 12.7. The van der Waals surface area contributed by atoms with Crippen LogP contribution in [0.25, 0.3) is 0 Å². The summed E-state index contributed by atoms with van der Waals surface area (Å²) in [4.78, 5) is 15.5. The van der Waals surface area contributed by atoms with Gasteiger partial charge in [0.25, 0.3) is 5.91 Å². The summed E-state index contributed by atoms with van der Waals surface area (Å²) >= 11 is 0. The molecule has 0 aliphatic carbocycles. The molecule has 2 aromatic rings. The number of amides is 1. The van der Waals surface area contributed by atoms with Gasteiger partial charge in [-0.15, -0.1) is 0 Å². The molecule has 0 aliphatic rings. The SMILES string of the molecule is COc1cc(OC)cc(C(=O)NCc2cc(C)[nH]c2C)c1. The van der Waals surface area contributed by atoms with Gasteiger partial charge in [0.2, 0.25) is 0 Å². The lowest BCUT2D eigenvalue weighted by atomic mass is 10.1. The molecule has 1 aromatic carbocycles. The highest BCUT2D eigenvalue weighted by atomic mass is 16.5. The van der Waals surface area contributed by atoms with Gasteiger partial charge < -0.3 is 19.8 Å². The summed E-state index contributed by atoms with van der Waals surface area (Å²) in [5.74, 6) is 1.02. The first-order valence-electron chi connectivity index (χ1n) is 6.70. The smallest absolute Gasteiger partial charge is 0.251 e. The molecule has 0 aliphatic heterocycles. The van der Waals surface area contributed by atoms with Crippen LogP contribution in [0, 0.1) is 13.8 Å². The minimum atomic E-state index is -0.162. The quantitative estimate of drug-likeness (QED) is 0.889. The maximum atomic E-state index is 12.2. The molecule has 0 saturated carbocycles. The van der Waals surface area contributed by atoms with E-state index in [1.807, 2.05) is 19.9 Å². The fraction of sp³-hybridized carbons (Fsp3) is 0.312. The van der Waals surface area contributed by atoms with E-state index in [4.69, 9.17) is 9.47 Å². The van der Waals surface area contributed by atoms with E-state index in [-0.39, 0.29) is 5.91 Å². The summed E-state index contributed by atoms with van der Waals surface area (Å²) in [6.07, 6.45) is 0. The van der Waals surface area contributed by atoms with Crippen LogP contribution in [0.5, 0.6) is 11.5 Å². The van der Waals surface area contributed by atoms with Crippen molar-refractivity contribution in [3.8, 4) is 11.5 Å². The molecule has 2 rings (SSSR count). The number of aromatic amines is 1. The maximum absolute atomic E-state index is 12.2. The summed E-state index contributed by atoms with van der Waals surface area (Å²) < 4.78 is 10.3. The Morgan fingerprint density at radius 3 is 2.19 bits per heavy atom. The molecule has 1 amide bonds. The molecule has 112 valence electrons. The van der Waals surface area contributed by atoms with Crippen molar-refractivity contribution in [2.75, 3.05) is 14.2 Å². The van der Waals surface area contributed by atoms with Gasteiger partial charge in [-0.25, -0.2) is 0 Å². The third-order valence-corrected chi connectivity index (χ3v) is 3.31. The Morgan fingerprint density at radius 1 is 1.10 bits per heavy atom. The molecule has 0 radical (unpaired) electrons. The number of nitrogens with one attached hydrogen (secondary N) is 2. The van der Waals surface area contributed by atoms with E-state index in [0.29, 0.717) is 23.6 Å². The van der Waals surface area contributed by atoms with Gasteiger partial charge in [-0.1, -0.05) is 0 Å². The fourth-order valence-electron chi connectivity index (χ4n) is 2.18. The molecule has 0 spiro atoms. The second-order valence-corrected chi connectivity index (χ2v) is 4.89. The lowest BCUT2D eigenvalue weighted by Crippen LogP contribution is -2.23. The number of hydrogen-bond acceptors (Lipinski definition) is 3. The largest absolute Gasteiger partial charge is 0.497 e. The maximum Gasteiger partial charge on any atom is 0.251 e. The number of H-pyrrole nitrogens is 1. The lowest BCUT2D eigenvalue weighted by Gasteiger charge is -2.09. The molecule has 21 heavy (non-hydrogen) atoms. The number of ether oxygens (including phenoxy) is 2. The van der Waals surface area contributed by atoms with E-state index >= 15 is 0 Å². The van der Waals surface area contributed by atoms with E-state index < -0.39 is 0 Å². The first-order valence-corrected chi connectivity index (χ1v) is 6.70. The van der Waals surface area contributed by atoms with Gasteiger partial charge >= 0.3 is 0 Å². The van der Waals surface area contributed by atoms with Crippen molar-refractivity contribution in [1.82, 2.24) is 10.3 Å². The number of hydrogen-bond donors (Lipinski definition) is 2. The molecular weight excluding hydrogens is 268 g/mol. The number of carbonyl (C=O) groups excluding carboxylic acids is 1. The van der Waals surface area contributed by atoms with Gasteiger partial charge in [-0.3, -0.25) is 4.79 Å². The summed E-state index contributed by atoms with van der Waals surface area (Å²) in [6, 6.07) is 7.14. The molecule has 0 atom stereocenters. The summed E-state index contributed by atoms with van der Waals surface area (Å²) in [6.45, 7) is 4.46. The Kier molecular flexibility index (Phi) is 4.52.